The summed E-state index contributed by atoms with van der Waals surface area (Å²) in [5.41, 5.74) is 3.74. The summed E-state index contributed by atoms with van der Waals surface area (Å²) in [6.45, 7) is 3.48. The number of carbonyl (C=O) groups is 2. The van der Waals surface area contributed by atoms with Gasteiger partial charge in [0.15, 0.2) is 11.3 Å². The first-order valence-corrected chi connectivity index (χ1v) is 7.48. The molecule has 0 rings (SSSR count). The first kappa shape index (κ1) is 23.0. The van der Waals surface area contributed by atoms with Crippen LogP contribution in [0.3, 0.4) is 0 Å². The Bertz CT molecular complexity index is 280. The second-order valence-corrected chi connectivity index (χ2v) is 5.51. The molecule has 0 saturated heterocycles. The van der Waals surface area contributed by atoms with E-state index in [1.807, 2.05) is 0 Å². The SMILES string of the molecule is CCCCCCCCCCCC(=O)C(C)(N)C(=O)O.[KH]. The molecule has 0 radical (unpaired) electrons. The number of rotatable bonds is 12. The summed E-state index contributed by atoms with van der Waals surface area (Å²) in [4.78, 5) is 22.4. The summed E-state index contributed by atoms with van der Waals surface area (Å²) in [6, 6.07) is 0. The molecule has 4 nitrogen and oxygen atoms in total. The predicted octanol–water partition coefficient (Wildman–Crippen LogP) is 2.63. The van der Waals surface area contributed by atoms with E-state index in [0.29, 0.717) is 0 Å². The summed E-state index contributed by atoms with van der Waals surface area (Å²) in [6.07, 6.45) is 10.8. The summed E-state index contributed by atoms with van der Waals surface area (Å²) in [5, 5.41) is 8.81. The van der Waals surface area contributed by atoms with Crippen molar-refractivity contribution in [2.24, 2.45) is 5.73 Å². The molecule has 0 aliphatic carbocycles. The second kappa shape index (κ2) is 13.4. The maximum atomic E-state index is 11.6. The van der Waals surface area contributed by atoms with Crippen LogP contribution >= 0.6 is 0 Å². The van der Waals surface area contributed by atoms with Gasteiger partial charge >= 0.3 is 57.4 Å². The number of ketones is 1. The average Bonchev–Trinajstić information content (AvgIpc) is 2.36. The molecule has 0 saturated carbocycles. The molecule has 0 spiro atoms. The van der Waals surface area contributed by atoms with E-state index >= 15 is 0 Å². The number of aliphatic carboxylic acids is 1. The van der Waals surface area contributed by atoms with Crippen LogP contribution in [0.1, 0.15) is 78.1 Å². The second-order valence-electron chi connectivity index (χ2n) is 5.51. The molecule has 0 aliphatic rings. The Labute approximate surface area is 165 Å². The zero-order valence-electron chi connectivity index (χ0n) is 12.4. The molecule has 20 heavy (non-hydrogen) atoms. The summed E-state index contributed by atoms with van der Waals surface area (Å²) < 4.78 is 0. The van der Waals surface area contributed by atoms with Gasteiger partial charge in [-0.05, 0) is 13.3 Å². The molecule has 3 N–H and O–H groups in total. The van der Waals surface area contributed by atoms with E-state index in [0.717, 1.165) is 19.3 Å². The van der Waals surface area contributed by atoms with Crippen molar-refractivity contribution in [1.29, 1.82) is 0 Å². The molecular weight excluding hydrogens is 281 g/mol. The Morgan fingerprint density at radius 2 is 1.35 bits per heavy atom. The van der Waals surface area contributed by atoms with Crippen LogP contribution in [-0.4, -0.2) is 73.8 Å². The Kier molecular flexibility index (Phi) is 15.4. The van der Waals surface area contributed by atoms with Gasteiger partial charge in [-0.15, -0.1) is 0 Å². The van der Waals surface area contributed by atoms with Gasteiger partial charge in [0, 0.05) is 6.42 Å². The van der Waals surface area contributed by atoms with Gasteiger partial charge in [-0.3, -0.25) is 4.79 Å². The fourth-order valence-electron chi connectivity index (χ4n) is 1.98. The molecule has 0 aromatic carbocycles. The van der Waals surface area contributed by atoms with Crippen molar-refractivity contribution >= 4 is 63.1 Å². The predicted molar refractivity (Wildman–Crippen MR) is 84.2 cm³/mol. The van der Waals surface area contributed by atoms with Gasteiger partial charge in [0.25, 0.3) is 0 Å². The Morgan fingerprint density at radius 1 is 0.950 bits per heavy atom. The third-order valence-corrected chi connectivity index (χ3v) is 3.53. The fourth-order valence-corrected chi connectivity index (χ4v) is 1.98. The number of carbonyl (C=O) groups excluding carboxylic acids is 1. The first-order valence-electron chi connectivity index (χ1n) is 7.48. The first-order chi connectivity index (χ1) is 8.92. The average molecular weight is 312 g/mol. The molecule has 1 unspecified atom stereocenters. The number of unbranched alkanes of at least 4 members (excludes halogenated alkanes) is 8. The number of Topliss-reactive ketones (excluding diaryl/α,β-unsaturated/α-hetero) is 1. The molecule has 0 aromatic heterocycles. The quantitative estimate of drug-likeness (QED) is 0.330. The number of carboxylic acid groups (broad SMARTS) is 1. The van der Waals surface area contributed by atoms with Crippen LogP contribution in [-0.2, 0) is 9.59 Å². The molecule has 0 aromatic rings. The molecule has 0 amide bonds. The third kappa shape index (κ3) is 10.5. The van der Waals surface area contributed by atoms with Crippen LogP contribution in [0.4, 0.5) is 0 Å². The van der Waals surface area contributed by atoms with Crippen molar-refractivity contribution in [3.63, 3.8) is 0 Å². The normalized spacial score (nSPS) is 13.3. The van der Waals surface area contributed by atoms with Gasteiger partial charge in [0.1, 0.15) is 0 Å². The van der Waals surface area contributed by atoms with Crippen LogP contribution in [0.15, 0.2) is 0 Å². The molecule has 0 bridgehead atoms. The van der Waals surface area contributed by atoms with Crippen LogP contribution < -0.4 is 5.73 Å². The van der Waals surface area contributed by atoms with E-state index < -0.39 is 11.5 Å². The van der Waals surface area contributed by atoms with Gasteiger partial charge in [0.05, 0.1) is 0 Å². The van der Waals surface area contributed by atoms with Crippen LogP contribution in [0.5, 0.6) is 0 Å². The molecule has 0 fully saturated rings. The Balaban J connectivity index is 0. The van der Waals surface area contributed by atoms with E-state index in [4.69, 9.17) is 10.8 Å². The minimum absolute atomic E-state index is 0. The standard InChI is InChI=1S/C15H29NO3.K.H/c1-3-4-5-6-7-8-9-10-11-12-13(17)15(2,16)14(18)19;;/h3-12,16H2,1-2H3,(H,18,19);;. The topological polar surface area (TPSA) is 80.4 Å². The van der Waals surface area contributed by atoms with E-state index in [2.05, 4.69) is 6.92 Å². The van der Waals surface area contributed by atoms with Gasteiger partial charge in [-0.25, -0.2) is 4.79 Å². The number of hydrogen-bond donors (Lipinski definition) is 2. The van der Waals surface area contributed by atoms with E-state index in [1.165, 1.54) is 45.4 Å². The van der Waals surface area contributed by atoms with Crippen molar-refractivity contribution in [3.05, 3.63) is 0 Å². The Hall–Kier alpha value is 0.736. The number of nitrogens with two attached hydrogens (primary N) is 1. The van der Waals surface area contributed by atoms with Crippen molar-refractivity contribution in [2.75, 3.05) is 0 Å². The molecule has 0 heterocycles. The van der Waals surface area contributed by atoms with Crippen molar-refractivity contribution in [3.8, 4) is 0 Å². The molecule has 114 valence electrons. The van der Waals surface area contributed by atoms with Crippen molar-refractivity contribution < 1.29 is 14.7 Å². The zero-order chi connectivity index (χ0) is 14.7. The van der Waals surface area contributed by atoms with Gasteiger partial charge in [-0.2, -0.15) is 0 Å². The Morgan fingerprint density at radius 3 is 1.75 bits per heavy atom. The maximum absolute atomic E-state index is 11.6. The fraction of sp³-hybridized carbons (Fsp3) is 0.867. The van der Waals surface area contributed by atoms with Crippen LogP contribution in [0.2, 0.25) is 0 Å². The minimum atomic E-state index is -1.72. The van der Waals surface area contributed by atoms with Crippen molar-refractivity contribution in [1.82, 2.24) is 0 Å². The monoisotopic (exact) mass is 311 g/mol. The van der Waals surface area contributed by atoms with Crippen molar-refractivity contribution in [2.45, 2.75) is 83.6 Å². The third-order valence-electron chi connectivity index (χ3n) is 3.53. The molecule has 5 heteroatoms. The molecule has 1 atom stereocenters. The summed E-state index contributed by atoms with van der Waals surface area (Å²) in [5.74, 6) is -1.61. The van der Waals surface area contributed by atoms with Gasteiger partial charge in [0.2, 0.25) is 0 Å². The molecule has 0 aliphatic heterocycles. The van der Waals surface area contributed by atoms with E-state index in [-0.39, 0.29) is 63.6 Å². The van der Waals surface area contributed by atoms with Gasteiger partial charge in [-0.1, -0.05) is 58.3 Å². The molecular formula is C15H30KNO3. The number of hydrogen-bond acceptors (Lipinski definition) is 3. The van der Waals surface area contributed by atoms with E-state index in [1.54, 1.807) is 0 Å². The van der Waals surface area contributed by atoms with E-state index in [9.17, 15) is 9.59 Å². The van der Waals surface area contributed by atoms with Crippen LogP contribution in [0.25, 0.3) is 0 Å². The summed E-state index contributed by atoms with van der Waals surface area (Å²) in [7, 11) is 0. The van der Waals surface area contributed by atoms with Gasteiger partial charge < -0.3 is 10.8 Å². The summed E-state index contributed by atoms with van der Waals surface area (Å²) >= 11 is 0. The zero-order valence-corrected chi connectivity index (χ0v) is 12.4. The van der Waals surface area contributed by atoms with Crippen LogP contribution in [0, 0.1) is 0 Å². The number of carboxylic acids is 1.